The van der Waals surface area contributed by atoms with Gasteiger partial charge in [0.1, 0.15) is 0 Å². The van der Waals surface area contributed by atoms with E-state index in [0.717, 1.165) is 19.6 Å². The van der Waals surface area contributed by atoms with Crippen molar-refractivity contribution in [3.63, 3.8) is 0 Å². The van der Waals surface area contributed by atoms with Crippen LogP contribution in [0.4, 0.5) is 0 Å². The Balaban J connectivity index is 0.000000232. The minimum absolute atomic E-state index is 0.500. The van der Waals surface area contributed by atoms with Crippen LogP contribution in [-0.2, 0) is 9.59 Å². The van der Waals surface area contributed by atoms with Crippen molar-refractivity contribution in [1.29, 1.82) is 0 Å². The summed E-state index contributed by atoms with van der Waals surface area (Å²) >= 11 is 0. The first-order valence-electron chi connectivity index (χ1n) is 5.56. The van der Waals surface area contributed by atoms with Gasteiger partial charge in [-0.3, -0.25) is 0 Å². The number of benzene rings is 1. The van der Waals surface area contributed by atoms with Gasteiger partial charge in [-0.15, -0.1) is 0 Å². The van der Waals surface area contributed by atoms with Crippen LogP contribution < -0.4 is 10.6 Å². The van der Waals surface area contributed by atoms with Crippen LogP contribution in [0.2, 0.25) is 0 Å². The van der Waals surface area contributed by atoms with Crippen molar-refractivity contribution < 1.29 is 19.8 Å². The molecule has 0 aromatic heterocycles. The summed E-state index contributed by atoms with van der Waals surface area (Å²) in [5, 5.41) is 21.6. The van der Waals surface area contributed by atoms with Crippen LogP contribution in [0, 0.1) is 0 Å². The highest BCUT2D eigenvalue weighted by molar-refractivity contribution is 6.27. The van der Waals surface area contributed by atoms with Crippen LogP contribution in [-0.4, -0.2) is 41.8 Å². The van der Waals surface area contributed by atoms with Crippen LogP contribution in [0.15, 0.2) is 30.3 Å². The SMILES string of the molecule is O=C(O)C(=O)O.c1ccc(C2CNCCN2)cc1. The number of rotatable bonds is 1. The van der Waals surface area contributed by atoms with Gasteiger partial charge >= 0.3 is 11.9 Å². The van der Waals surface area contributed by atoms with Gasteiger partial charge in [-0.25, -0.2) is 9.59 Å². The predicted molar refractivity (Wildman–Crippen MR) is 65.3 cm³/mol. The summed E-state index contributed by atoms with van der Waals surface area (Å²) < 4.78 is 0. The summed E-state index contributed by atoms with van der Waals surface area (Å²) in [6.45, 7) is 3.20. The Morgan fingerprint density at radius 3 is 2.11 bits per heavy atom. The number of hydrogen-bond donors (Lipinski definition) is 4. The minimum Gasteiger partial charge on any atom is -0.473 e. The average molecular weight is 252 g/mol. The van der Waals surface area contributed by atoms with Crippen LogP contribution in [0.3, 0.4) is 0 Å². The van der Waals surface area contributed by atoms with Crippen molar-refractivity contribution in [3.05, 3.63) is 35.9 Å². The van der Waals surface area contributed by atoms with E-state index in [4.69, 9.17) is 19.8 Å². The van der Waals surface area contributed by atoms with E-state index in [-0.39, 0.29) is 0 Å². The molecule has 1 saturated heterocycles. The number of carboxylic acid groups (broad SMARTS) is 2. The van der Waals surface area contributed by atoms with Gasteiger partial charge in [-0.2, -0.15) is 0 Å². The Hall–Kier alpha value is -1.92. The van der Waals surface area contributed by atoms with E-state index in [2.05, 4.69) is 41.0 Å². The summed E-state index contributed by atoms with van der Waals surface area (Å²) in [6.07, 6.45) is 0. The van der Waals surface area contributed by atoms with E-state index >= 15 is 0 Å². The van der Waals surface area contributed by atoms with E-state index in [1.165, 1.54) is 5.56 Å². The number of carboxylic acids is 2. The number of hydrogen-bond acceptors (Lipinski definition) is 4. The van der Waals surface area contributed by atoms with Crippen molar-refractivity contribution >= 4 is 11.9 Å². The number of nitrogens with one attached hydrogen (secondary N) is 2. The molecule has 18 heavy (non-hydrogen) atoms. The second kappa shape index (κ2) is 7.41. The van der Waals surface area contributed by atoms with Crippen LogP contribution in [0.25, 0.3) is 0 Å². The van der Waals surface area contributed by atoms with Gasteiger partial charge in [0.05, 0.1) is 0 Å². The van der Waals surface area contributed by atoms with Crippen LogP contribution in [0.1, 0.15) is 11.6 Å². The molecule has 0 saturated carbocycles. The molecule has 0 amide bonds. The molecule has 1 unspecified atom stereocenters. The van der Waals surface area contributed by atoms with Crippen molar-refractivity contribution in [2.24, 2.45) is 0 Å². The molecule has 98 valence electrons. The highest BCUT2D eigenvalue weighted by Gasteiger charge is 2.12. The molecule has 1 aromatic carbocycles. The molecule has 1 aliphatic heterocycles. The van der Waals surface area contributed by atoms with Gasteiger partial charge in [-0.05, 0) is 5.56 Å². The Labute approximate surface area is 105 Å². The van der Waals surface area contributed by atoms with Gasteiger partial charge in [0.25, 0.3) is 0 Å². The van der Waals surface area contributed by atoms with Crippen molar-refractivity contribution in [1.82, 2.24) is 10.6 Å². The topological polar surface area (TPSA) is 98.7 Å². The summed E-state index contributed by atoms with van der Waals surface area (Å²) in [7, 11) is 0. The summed E-state index contributed by atoms with van der Waals surface area (Å²) in [5.41, 5.74) is 1.38. The quantitative estimate of drug-likeness (QED) is 0.528. The molecular weight excluding hydrogens is 236 g/mol. The Bertz CT molecular complexity index is 376. The van der Waals surface area contributed by atoms with E-state index in [0.29, 0.717) is 6.04 Å². The molecular formula is C12H16N2O4. The van der Waals surface area contributed by atoms with Crippen molar-refractivity contribution in [2.45, 2.75) is 6.04 Å². The molecule has 0 bridgehead atoms. The van der Waals surface area contributed by atoms with Gasteiger partial charge in [0.15, 0.2) is 0 Å². The van der Waals surface area contributed by atoms with Gasteiger partial charge < -0.3 is 20.8 Å². The monoisotopic (exact) mass is 252 g/mol. The highest BCUT2D eigenvalue weighted by Crippen LogP contribution is 2.12. The second-order valence-electron chi connectivity index (χ2n) is 3.73. The lowest BCUT2D eigenvalue weighted by Crippen LogP contribution is -2.42. The molecule has 0 spiro atoms. The second-order valence-corrected chi connectivity index (χ2v) is 3.73. The number of piperazine rings is 1. The lowest BCUT2D eigenvalue weighted by molar-refractivity contribution is -0.159. The molecule has 2 rings (SSSR count). The lowest BCUT2D eigenvalue weighted by Gasteiger charge is -2.24. The Morgan fingerprint density at radius 1 is 1.06 bits per heavy atom. The largest absolute Gasteiger partial charge is 0.473 e. The average Bonchev–Trinajstić information content (AvgIpc) is 2.41. The summed E-state index contributed by atoms with van der Waals surface area (Å²) in [6, 6.07) is 11.1. The van der Waals surface area contributed by atoms with E-state index < -0.39 is 11.9 Å². The standard InChI is InChI=1S/C10H14N2.C2H2O4/c1-2-4-9(5-3-1)10-8-11-6-7-12-10;3-1(4)2(5)6/h1-5,10-12H,6-8H2;(H,3,4)(H,5,6). The van der Waals surface area contributed by atoms with Gasteiger partial charge in [0, 0.05) is 25.7 Å². The third-order valence-corrected chi connectivity index (χ3v) is 2.43. The van der Waals surface area contributed by atoms with Gasteiger partial charge in [0.2, 0.25) is 0 Å². The number of aliphatic carboxylic acids is 2. The lowest BCUT2D eigenvalue weighted by atomic mass is 10.1. The highest BCUT2D eigenvalue weighted by atomic mass is 16.4. The molecule has 1 fully saturated rings. The predicted octanol–water partition coefficient (Wildman–Crippen LogP) is 0.0761. The molecule has 6 heteroatoms. The zero-order valence-corrected chi connectivity index (χ0v) is 9.80. The fourth-order valence-electron chi connectivity index (χ4n) is 1.57. The summed E-state index contributed by atoms with van der Waals surface area (Å²) in [5.74, 6) is -3.65. The normalized spacial score (nSPS) is 18.3. The maximum absolute atomic E-state index is 9.10. The van der Waals surface area contributed by atoms with Gasteiger partial charge in [-0.1, -0.05) is 30.3 Å². The first-order valence-corrected chi connectivity index (χ1v) is 5.56. The molecule has 4 N–H and O–H groups in total. The third-order valence-electron chi connectivity index (χ3n) is 2.43. The molecule has 1 aromatic rings. The fraction of sp³-hybridized carbons (Fsp3) is 0.333. The molecule has 1 heterocycles. The molecule has 0 radical (unpaired) electrons. The minimum atomic E-state index is -1.82. The molecule has 0 aliphatic carbocycles. The first kappa shape index (κ1) is 14.1. The maximum atomic E-state index is 9.10. The number of carbonyl (C=O) groups is 2. The zero-order chi connectivity index (χ0) is 13.4. The molecule has 1 atom stereocenters. The molecule has 6 nitrogen and oxygen atoms in total. The van der Waals surface area contributed by atoms with Crippen LogP contribution >= 0.6 is 0 Å². The first-order chi connectivity index (χ1) is 8.61. The smallest absolute Gasteiger partial charge is 0.414 e. The molecule has 1 aliphatic rings. The zero-order valence-electron chi connectivity index (χ0n) is 9.80. The Kier molecular flexibility index (Phi) is 5.83. The van der Waals surface area contributed by atoms with Crippen molar-refractivity contribution in [3.8, 4) is 0 Å². The summed E-state index contributed by atoms with van der Waals surface area (Å²) in [4.78, 5) is 18.2. The third kappa shape index (κ3) is 4.94. The van der Waals surface area contributed by atoms with Crippen molar-refractivity contribution in [2.75, 3.05) is 19.6 Å². The maximum Gasteiger partial charge on any atom is 0.414 e. The Morgan fingerprint density at radius 2 is 1.67 bits per heavy atom. The van der Waals surface area contributed by atoms with E-state index in [1.807, 2.05) is 0 Å². The van der Waals surface area contributed by atoms with Crippen LogP contribution in [0.5, 0.6) is 0 Å². The van der Waals surface area contributed by atoms with E-state index in [1.54, 1.807) is 0 Å². The fourth-order valence-corrected chi connectivity index (χ4v) is 1.57. The van der Waals surface area contributed by atoms with E-state index in [9.17, 15) is 0 Å².